The molecule has 0 aromatic heterocycles. The number of esters is 1. The molecule has 5 aliphatic rings. The molecule has 5 fully saturated rings. The molecule has 5 heteroatoms. The summed E-state index contributed by atoms with van der Waals surface area (Å²) in [6.45, 7) is 31.0. The Morgan fingerprint density at radius 3 is 2.20 bits per heavy atom. The maximum atomic E-state index is 12.0. The number of carbonyl (C=O) groups is 1. The fourth-order valence-corrected chi connectivity index (χ4v) is 13.0. The lowest BCUT2D eigenvalue weighted by molar-refractivity contribution is -0.253. The number of carbonyl (C=O) groups excluding carboxylic acids is 1. The minimum absolute atomic E-state index is 0. The molecule has 0 spiro atoms. The molecule has 0 aromatic rings. The zero-order chi connectivity index (χ0) is 33.0. The number of nitrogens with zero attached hydrogens (tertiary/aromatic N) is 1. The maximum Gasteiger partial charge on any atom is 0.302 e. The van der Waals surface area contributed by atoms with Crippen LogP contribution in [-0.4, -0.2) is 47.8 Å². The highest BCUT2D eigenvalue weighted by atomic mass is 35.5. The van der Waals surface area contributed by atoms with E-state index in [1.807, 2.05) is 12.2 Å². The second-order valence-electron chi connectivity index (χ2n) is 17.4. The second-order valence-corrected chi connectivity index (χ2v) is 17.4. The highest BCUT2D eigenvalue weighted by molar-refractivity contribution is 5.85. The Labute approximate surface area is 287 Å². The summed E-state index contributed by atoms with van der Waals surface area (Å²) in [5, 5.41) is 12.0. The van der Waals surface area contributed by atoms with E-state index in [-0.39, 0.29) is 51.6 Å². The third-order valence-corrected chi connectivity index (χ3v) is 15.2. The van der Waals surface area contributed by atoms with E-state index in [2.05, 4.69) is 78.0 Å². The summed E-state index contributed by atoms with van der Waals surface area (Å²) in [7, 11) is 0. The average molecular weight is 654 g/mol. The topological polar surface area (TPSA) is 49.8 Å². The van der Waals surface area contributed by atoms with Gasteiger partial charge in [-0.3, -0.25) is 9.69 Å². The van der Waals surface area contributed by atoms with Crippen molar-refractivity contribution < 1.29 is 14.6 Å². The van der Waals surface area contributed by atoms with E-state index in [0.29, 0.717) is 36.1 Å². The number of aliphatic hydroxyl groups is 1. The van der Waals surface area contributed by atoms with E-state index >= 15 is 0 Å². The van der Waals surface area contributed by atoms with E-state index < -0.39 is 6.10 Å². The summed E-state index contributed by atoms with van der Waals surface area (Å²) in [5.74, 6) is 9.28. The van der Waals surface area contributed by atoms with E-state index in [1.54, 1.807) is 6.92 Å². The predicted molar refractivity (Wildman–Crippen MR) is 192 cm³/mol. The monoisotopic (exact) mass is 653 g/mol. The minimum atomic E-state index is -0.609. The van der Waals surface area contributed by atoms with E-state index in [1.165, 1.54) is 37.7 Å². The van der Waals surface area contributed by atoms with Crippen LogP contribution in [-0.2, 0) is 9.53 Å². The van der Waals surface area contributed by atoms with Crippen LogP contribution in [0.15, 0.2) is 37.5 Å². The predicted octanol–water partition coefficient (Wildman–Crippen LogP) is 9.04. The molecule has 0 unspecified atom stereocenters. The zero-order valence-electron chi connectivity index (χ0n) is 30.1. The van der Waals surface area contributed by atoms with Crippen LogP contribution in [0.3, 0.4) is 0 Å². The van der Waals surface area contributed by atoms with Gasteiger partial charge in [0.1, 0.15) is 12.2 Å². The van der Waals surface area contributed by atoms with E-state index in [9.17, 15) is 9.90 Å². The van der Waals surface area contributed by atoms with Gasteiger partial charge >= 0.3 is 5.97 Å². The Morgan fingerprint density at radius 2 is 1.59 bits per heavy atom. The molecule has 5 aliphatic carbocycles. The van der Waals surface area contributed by atoms with Crippen molar-refractivity contribution in [3.05, 3.63) is 37.5 Å². The summed E-state index contributed by atoms with van der Waals surface area (Å²) in [4.78, 5) is 14.2. The van der Waals surface area contributed by atoms with Crippen LogP contribution in [0.2, 0.25) is 0 Å². The fraction of sp³-hybridized carbons (Fsp3) is 0.780. The third kappa shape index (κ3) is 5.67. The first kappa shape index (κ1) is 37.3. The molecule has 4 nitrogen and oxygen atoms in total. The molecule has 5 rings (SSSR count). The van der Waals surface area contributed by atoms with Crippen LogP contribution >= 0.6 is 12.4 Å². The Morgan fingerprint density at radius 1 is 0.913 bits per heavy atom. The molecule has 0 bridgehead atoms. The van der Waals surface area contributed by atoms with Gasteiger partial charge in [0.25, 0.3) is 0 Å². The highest BCUT2D eigenvalue weighted by Gasteiger charge is 2.71. The minimum Gasteiger partial charge on any atom is -0.462 e. The molecule has 5 saturated carbocycles. The van der Waals surface area contributed by atoms with Crippen LogP contribution in [0.25, 0.3) is 0 Å². The molecule has 0 amide bonds. The average Bonchev–Trinajstić information content (AvgIpc) is 3.36. The molecule has 0 radical (unpaired) electrons. The second kappa shape index (κ2) is 13.4. The number of hydrogen-bond acceptors (Lipinski definition) is 4. The summed E-state index contributed by atoms with van der Waals surface area (Å²) in [5.41, 5.74) is 1.81. The number of allylic oxidation sites excluding steroid dienone is 1. The fourth-order valence-electron chi connectivity index (χ4n) is 13.0. The number of hydrogen-bond donors (Lipinski definition) is 1. The van der Waals surface area contributed by atoms with Crippen molar-refractivity contribution in [2.45, 2.75) is 125 Å². The number of ether oxygens (including phenoxy) is 1. The highest BCUT2D eigenvalue weighted by Crippen LogP contribution is 2.78. The van der Waals surface area contributed by atoms with Gasteiger partial charge in [0.05, 0.1) is 6.54 Å². The zero-order valence-corrected chi connectivity index (χ0v) is 30.9. The SMILES string of the molecule is C=CCN(CC#C[C@@H](O)[C@]12CC[C@@H](C(=C)C)[C@@H]1[C@H]1CC[C@@H]3[C@@]4(C)CC[C@H](OC(C)=O)C(C)(C)[C@@H]4CC[C@@]3(C)[C@]1(C)CC2)CC=C.Cl. The number of rotatable bonds is 8. The molecule has 11 atom stereocenters. The molecule has 0 heterocycles. The Balaban J connectivity index is 0.00000480. The van der Waals surface area contributed by atoms with Gasteiger partial charge < -0.3 is 9.84 Å². The maximum absolute atomic E-state index is 12.0. The lowest BCUT2D eigenvalue weighted by Crippen LogP contribution is -2.67. The Bertz CT molecular complexity index is 1240. The quantitative estimate of drug-likeness (QED) is 0.161. The lowest BCUT2D eigenvalue weighted by Gasteiger charge is -2.73. The first-order valence-corrected chi connectivity index (χ1v) is 18.1. The third-order valence-electron chi connectivity index (χ3n) is 15.2. The van der Waals surface area contributed by atoms with Crippen molar-refractivity contribution in [1.82, 2.24) is 4.90 Å². The molecule has 0 saturated heterocycles. The van der Waals surface area contributed by atoms with Gasteiger partial charge in [0.15, 0.2) is 0 Å². The molecule has 0 aromatic carbocycles. The van der Waals surface area contributed by atoms with Gasteiger partial charge in [-0.05, 0) is 117 Å². The number of halogens is 1. The van der Waals surface area contributed by atoms with Gasteiger partial charge in [-0.1, -0.05) is 70.8 Å². The molecule has 1 N–H and O–H groups in total. The summed E-state index contributed by atoms with van der Waals surface area (Å²) in [6.07, 6.45) is 14.7. The largest absolute Gasteiger partial charge is 0.462 e. The first-order valence-electron chi connectivity index (χ1n) is 18.1. The lowest BCUT2D eigenvalue weighted by atomic mass is 9.32. The van der Waals surface area contributed by atoms with Crippen molar-refractivity contribution in [2.75, 3.05) is 19.6 Å². The smallest absolute Gasteiger partial charge is 0.302 e. The van der Waals surface area contributed by atoms with Crippen LogP contribution in [0.4, 0.5) is 0 Å². The van der Waals surface area contributed by atoms with Crippen molar-refractivity contribution in [3.63, 3.8) is 0 Å². The van der Waals surface area contributed by atoms with Crippen molar-refractivity contribution in [1.29, 1.82) is 0 Å². The standard InChI is InChI=1S/C41H63NO3.ClH/c1-11-25-42(26-12-2)27-13-14-34(44)41-22-17-30(28(3)4)36(41)31-15-16-33-38(8)20-19-35(45-29(5)43)37(6,7)32(38)18-21-40(33,10)39(31,9)23-24-41;/h11-12,30-36,44H,1-3,15-27H2,4-10H3;1H/t30-,31+,32-,33+,34+,35-,36+,38-,39+,40+,41+;/m0./s1. The Kier molecular flexibility index (Phi) is 10.9. The molecule has 258 valence electrons. The summed E-state index contributed by atoms with van der Waals surface area (Å²) in [6, 6.07) is 0. The van der Waals surface area contributed by atoms with Crippen molar-refractivity contribution >= 4 is 18.4 Å². The summed E-state index contributed by atoms with van der Waals surface area (Å²) < 4.78 is 5.95. The molecular formula is C41H64ClNO3. The molecule has 0 aliphatic heterocycles. The van der Waals surface area contributed by atoms with Crippen LogP contribution < -0.4 is 0 Å². The van der Waals surface area contributed by atoms with Gasteiger partial charge in [0.2, 0.25) is 0 Å². The molecular weight excluding hydrogens is 590 g/mol. The van der Waals surface area contributed by atoms with Gasteiger partial charge in [-0.25, -0.2) is 0 Å². The number of aliphatic hydroxyl groups excluding tert-OH is 1. The van der Waals surface area contributed by atoms with Crippen molar-refractivity contribution in [3.8, 4) is 11.8 Å². The molecule has 46 heavy (non-hydrogen) atoms. The van der Waals surface area contributed by atoms with Crippen molar-refractivity contribution in [2.24, 2.45) is 56.7 Å². The van der Waals surface area contributed by atoms with Crippen LogP contribution in [0.5, 0.6) is 0 Å². The van der Waals surface area contributed by atoms with E-state index in [4.69, 9.17) is 4.74 Å². The summed E-state index contributed by atoms with van der Waals surface area (Å²) >= 11 is 0. The number of fused-ring (bicyclic) bond motifs is 7. The first-order chi connectivity index (χ1) is 21.1. The van der Waals surface area contributed by atoms with Gasteiger partial charge in [0, 0.05) is 30.8 Å². The van der Waals surface area contributed by atoms with Gasteiger partial charge in [-0.15, -0.1) is 25.6 Å². The normalized spacial score (nSPS) is 42.8. The van der Waals surface area contributed by atoms with Crippen LogP contribution in [0, 0.1) is 68.5 Å². The van der Waals surface area contributed by atoms with Crippen LogP contribution in [0.1, 0.15) is 113 Å². The van der Waals surface area contributed by atoms with Gasteiger partial charge in [-0.2, -0.15) is 0 Å². The Hall–Kier alpha value is -1.54. The van der Waals surface area contributed by atoms with E-state index in [0.717, 1.165) is 45.2 Å².